The van der Waals surface area contributed by atoms with Gasteiger partial charge in [-0.3, -0.25) is 4.79 Å². The maximum Gasteiger partial charge on any atom is 0.267 e. The molecular weight excluding hydrogens is 320 g/mol. The van der Waals surface area contributed by atoms with Gasteiger partial charge < -0.3 is 14.6 Å². The average molecular weight is 345 g/mol. The Morgan fingerprint density at radius 3 is 2.70 bits per heavy atom. The number of hydrogen-bond donors (Lipinski definition) is 1. The Hall–Kier alpha value is -0.810. The van der Waals surface area contributed by atoms with Crippen LogP contribution in [0, 0.1) is 5.41 Å². The van der Waals surface area contributed by atoms with E-state index in [0.717, 1.165) is 10.9 Å². The minimum atomic E-state index is -0.0325. The minimum Gasteiger partial charge on any atom is -0.385 e. The van der Waals surface area contributed by atoms with Crippen LogP contribution < -0.4 is 5.32 Å². The van der Waals surface area contributed by atoms with Gasteiger partial charge in [0, 0.05) is 37.0 Å². The monoisotopic (exact) mass is 344 g/mol. The lowest BCUT2D eigenvalue weighted by atomic mass is 9.89. The third-order valence-corrected chi connectivity index (χ3v) is 3.75. The summed E-state index contributed by atoms with van der Waals surface area (Å²) in [6.45, 7) is 9.72. The van der Waals surface area contributed by atoms with Gasteiger partial charge in [-0.25, -0.2) is 0 Å². The third kappa shape index (κ3) is 4.94. The molecule has 0 saturated carbocycles. The number of hydrogen-bond acceptors (Lipinski definition) is 2. The molecule has 1 rings (SSSR count). The number of nitrogens with one attached hydrogen (secondary N) is 1. The SMILES string of the molecule is COCCC(C)(C)CNC(=O)c1cc(Br)cn1C(C)C. The van der Waals surface area contributed by atoms with E-state index in [9.17, 15) is 4.79 Å². The fourth-order valence-corrected chi connectivity index (χ4v) is 2.37. The minimum absolute atomic E-state index is 0.0259. The summed E-state index contributed by atoms with van der Waals surface area (Å²) in [6.07, 6.45) is 2.86. The lowest BCUT2D eigenvalue weighted by molar-refractivity contribution is 0.0910. The molecule has 0 fully saturated rings. The van der Waals surface area contributed by atoms with E-state index in [-0.39, 0.29) is 17.4 Å². The highest BCUT2D eigenvalue weighted by Crippen LogP contribution is 2.21. The fraction of sp³-hybridized carbons (Fsp3) is 0.667. The maximum absolute atomic E-state index is 12.3. The Morgan fingerprint density at radius 1 is 1.50 bits per heavy atom. The predicted octanol–water partition coefficient (Wildman–Crippen LogP) is 3.62. The second kappa shape index (κ2) is 7.27. The molecule has 4 nitrogen and oxygen atoms in total. The molecule has 0 saturated heterocycles. The van der Waals surface area contributed by atoms with E-state index in [4.69, 9.17) is 4.74 Å². The van der Waals surface area contributed by atoms with E-state index in [1.54, 1.807) is 7.11 Å². The van der Waals surface area contributed by atoms with Crippen molar-refractivity contribution in [2.75, 3.05) is 20.3 Å². The first kappa shape index (κ1) is 17.2. The van der Waals surface area contributed by atoms with Crippen LogP contribution in [-0.4, -0.2) is 30.7 Å². The zero-order chi connectivity index (χ0) is 15.3. The van der Waals surface area contributed by atoms with Crippen molar-refractivity contribution < 1.29 is 9.53 Å². The normalized spacial score (nSPS) is 11.9. The molecule has 1 aromatic heterocycles. The quantitative estimate of drug-likeness (QED) is 0.820. The number of aromatic nitrogens is 1. The standard InChI is InChI=1S/C15H25BrN2O2/c1-11(2)18-9-12(16)8-13(18)14(19)17-10-15(3,4)6-7-20-5/h8-9,11H,6-7,10H2,1-5H3,(H,17,19). The lowest BCUT2D eigenvalue weighted by Gasteiger charge is -2.24. The van der Waals surface area contributed by atoms with Crippen LogP contribution in [0.15, 0.2) is 16.7 Å². The first-order chi connectivity index (χ1) is 9.26. The van der Waals surface area contributed by atoms with Gasteiger partial charge in [-0.15, -0.1) is 0 Å². The molecule has 1 N–H and O–H groups in total. The fourth-order valence-electron chi connectivity index (χ4n) is 1.93. The Balaban J connectivity index is 2.68. The van der Waals surface area contributed by atoms with Crippen LogP contribution in [0.5, 0.6) is 0 Å². The van der Waals surface area contributed by atoms with Crippen LogP contribution in [0.1, 0.15) is 50.6 Å². The summed E-state index contributed by atoms with van der Waals surface area (Å²) in [5.41, 5.74) is 0.715. The molecule has 5 heteroatoms. The van der Waals surface area contributed by atoms with E-state index in [1.807, 2.05) is 16.8 Å². The van der Waals surface area contributed by atoms with Crippen molar-refractivity contribution in [3.8, 4) is 0 Å². The van der Waals surface area contributed by atoms with E-state index in [2.05, 4.69) is 48.9 Å². The van der Waals surface area contributed by atoms with Crippen LogP contribution in [0.2, 0.25) is 0 Å². The molecule has 0 aliphatic heterocycles. The second-order valence-electron chi connectivity index (χ2n) is 6.13. The van der Waals surface area contributed by atoms with Gasteiger partial charge in [-0.1, -0.05) is 13.8 Å². The highest BCUT2D eigenvalue weighted by atomic mass is 79.9. The Labute approximate surface area is 130 Å². The second-order valence-corrected chi connectivity index (χ2v) is 7.05. The van der Waals surface area contributed by atoms with Crippen molar-refractivity contribution in [2.24, 2.45) is 5.41 Å². The van der Waals surface area contributed by atoms with E-state index in [1.165, 1.54) is 0 Å². The molecular formula is C15H25BrN2O2. The summed E-state index contributed by atoms with van der Waals surface area (Å²) >= 11 is 3.43. The zero-order valence-corrected chi connectivity index (χ0v) is 14.6. The molecule has 0 unspecified atom stereocenters. The smallest absolute Gasteiger partial charge is 0.267 e. The summed E-state index contributed by atoms with van der Waals surface area (Å²) in [6, 6.07) is 2.11. The van der Waals surface area contributed by atoms with Gasteiger partial charge in [0.15, 0.2) is 0 Å². The largest absolute Gasteiger partial charge is 0.385 e. The van der Waals surface area contributed by atoms with Gasteiger partial charge >= 0.3 is 0 Å². The molecule has 1 aromatic rings. The molecule has 1 heterocycles. The molecule has 1 amide bonds. The van der Waals surface area contributed by atoms with Gasteiger partial charge in [0.25, 0.3) is 5.91 Å². The summed E-state index contributed by atoms with van der Waals surface area (Å²) in [5.74, 6) is -0.0325. The molecule has 0 radical (unpaired) electrons. The number of carbonyl (C=O) groups excluding carboxylic acids is 1. The van der Waals surface area contributed by atoms with Crippen molar-refractivity contribution >= 4 is 21.8 Å². The summed E-state index contributed by atoms with van der Waals surface area (Å²) in [5, 5.41) is 3.02. The maximum atomic E-state index is 12.3. The van der Waals surface area contributed by atoms with Gasteiger partial charge in [0.1, 0.15) is 5.69 Å². The molecule has 114 valence electrons. The highest BCUT2D eigenvalue weighted by molar-refractivity contribution is 9.10. The van der Waals surface area contributed by atoms with Crippen molar-refractivity contribution in [3.05, 3.63) is 22.4 Å². The third-order valence-electron chi connectivity index (χ3n) is 3.31. The van der Waals surface area contributed by atoms with Gasteiger partial charge in [-0.2, -0.15) is 0 Å². The summed E-state index contributed by atoms with van der Waals surface area (Å²) < 4.78 is 8.00. The van der Waals surface area contributed by atoms with Crippen molar-refractivity contribution in [2.45, 2.75) is 40.2 Å². The van der Waals surface area contributed by atoms with Crippen LogP contribution in [0.3, 0.4) is 0 Å². The number of methoxy groups -OCH3 is 1. The van der Waals surface area contributed by atoms with E-state index < -0.39 is 0 Å². The van der Waals surface area contributed by atoms with Gasteiger partial charge in [0.2, 0.25) is 0 Å². The van der Waals surface area contributed by atoms with Crippen LogP contribution >= 0.6 is 15.9 Å². The molecule has 0 spiro atoms. The summed E-state index contributed by atoms with van der Waals surface area (Å²) in [7, 11) is 1.70. The molecule has 0 atom stereocenters. The van der Waals surface area contributed by atoms with E-state index in [0.29, 0.717) is 18.8 Å². The predicted molar refractivity (Wildman–Crippen MR) is 85.1 cm³/mol. The number of nitrogens with zero attached hydrogens (tertiary/aromatic N) is 1. The molecule has 0 bridgehead atoms. The van der Waals surface area contributed by atoms with Crippen molar-refractivity contribution in [1.29, 1.82) is 0 Å². The number of rotatable bonds is 7. The van der Waals surface area contributed by atoms with Crippen molar-refractivity contribution in [3.63, 3.8) is 0 Å². The van der Waals surface area contributed by atoms with Crippen molar-refractivity contribution in [1.82, 2.24) is 9.88 Å². The zero-order valence-electron chi connectivity index (χ0n) is 13.0. The number of carbonyl (C=O) groups is 1. The molecule has 0 aliphatic carbocycles. The summed E-state index contributed by atoms with van der Waals surface area (Å²) in [4.78, 5) is 12.3. The van der Waals surface area contributed by atoms with E-state index >= 15 is 0 Å². The Morgan fingerprint density at radius 2 is 2.15 bits per heavy atom. The number of ether oxygens (including phenoxy) is 1. The molecule has 20 heavy (non-hydrogen) atoms. The molecule has 0 aliphatic rings. The van der Waals surface area contributed by atoms with Gasteiger partial charge in [-0.05, 0) is 47.7 Å². The van der Waals surface area contributed by atoms with Crippen LogP contribution in [-0.2, 0) is 4.74 Å². The first-order valence-corrected chi connectivity index (χ1v) is 7.70. The number of amides is 1. The van der Waals surface area contributed by atoms with Crippen LogP contribution in [0.4, 0.5) is 0 Å². The Bertz CT molecular complexity index is 453. The Kier molecular flexibility index (Phi) is 6.27. The molecule has 0 aromatic carbocycles. The average Bonchev–Trinajstić information content (AvgIpc) is 2.76. The highest BCUT2D eigenvalue weighted by Gasteiger charge is 2.21. The lowest BCUT2D eigenvalue weighted by Crippen LogP contribution is -2.35. The van der Waals surface area contributed by atoms with Crippen LogP contribution in [0.25, 0.3) is 0 Å². The topological polar surface area (TPSA) is 43.3 Å². The van der Waals surface area contributed by atoms with Gasteiger partial charge in [0.05, 0.1) is 0 Å². The number of halogens is 1. The first-order valence-electron chi connectivity index (χ1n) is 6.91.